The summed E-state index contributed by atoms with van der Waals surface area (Å²) >= 11 is 0. The number of rotatable bonds is 0. The van der Waals surface area contributed by atoms with Gasteiger partial charge in [0, 0.05) is 0 Å². The second-order valence-electron chi connectivity index (χ2n) is 2.68. The molecule has 0 radical (unpaired) electrons. The van der Waals surface area contributed by atoms with Gasteiger partial charge in [0.05, 0.1) is 28.2 Å². The first-order valence-electron chi connectivity index (χ1n) is 1.79. The molecule has 0 aliphatic carbocycles. The summed E-state index contributed by atoms with van der Waals surface area (Å²) in [5, 5.41) is 0. The van der Waals surface area contributed by atoms with Gasteiger partial charge in [0.2, 0.25) is 0 Å². The average molecular weight is 134 g/mol. The Morgan fingerprint density at radius 3 is 0.857 bits per heavy atom. The van der Waals surface area contributed by atoms with E-state index in [-0.39, 0.29) is 42.0 Å². The Morgan fingerprint density at radius 2 is 0.857 bits per heavy atom. The van der Waals surface area contributed by atoms with Gasteiger partial charge in [-0.1, -0.05) is 0 Å². The minimum absolute atomic E-state index is 0. The van der Waals surface area contributed by atoms with Crippen LogP contribution in [0.4, 0.5) is 0 Å². The van der Waals surface area contributed by atoms with Gasteiger partial charge in [0.25, 0.3) is 0 Å². The summed E-state index contributed by atoms with van der Waals surface area (Å²) < 4.78 is 1.00. The average Bonchev–Trinajstić information content (AvgIpc) is 0.722. The molecule has 0 N–H and O–H groups in total. The maximum absolute atomic E-state index is 2.12. The molecule has 0 atom stereocenters. The van der Waals surface area contributed by atoms with E-state index in [2.05, 4.69) is 28.2 Å². The number of hydrogen-bond donors (Lipinski definition) is 0. The Bertz CT molecular complexity index is 27.2. The molecular formula is C4H13ClNNa. The molecule has 0 amide bonds. The molecule has 0 heterocycles. The predicted octanol–water partition coefficient (Wildman–Crippen LogP) is -3.32. The molecule has 0 rings (SSSR count). The zero-order valence-electron chi connectivity index (χ0n) is 4.83. The van der Waals surface area contributed by atoms with E-state index in [0.717, 1.165) is 4.48 Å². The van der Waals surface area contributed by atoms with Gasteiger partial charge in [0.15, 0.2) is 0 Å². The van der Waals surface area contributed by atoms with Crippen LogP contribution in [0.15, 0.2) is 0 Å². The summed E-state index contributed by atoms with van der Waals surface area (Å²) in [6.07, 6.45) is 0. The van der Waals surface area contributed by atoms with Crippen LogP contribution in [-0.4, -0.2) is 62.2 Å². The summed E-state index contributed by atoms with van der Waals surface area (Å²) in [4.78, 5) is 0. The van der Waals surface area contributed by atoms with Gasteiger partial charge in [0.1, 0.15) is 0 Å². The van der Waals surface area contributed by atoms with Gasteiger partial charge in [-0.2, -0.15) is 0 Å². The van der Waals surface area contributed by atoms with Crippen molar-refractivity contribution in [2.75, 3.05) is 28.2 Å². The Labute approximate surface area is 74.4 Å². The topological polar surface area (TPSA) is 0 Å². The summed E-state index contributed by atoms with van der Waals surface area (Å²) in [5.41, 5.74) is 0. The Kier molecular flexibility index (Phi) is 12.1. The van der Waals surface area contributed by atoms with Crippen LogP contribution in [0.1, 0.15) is 0 Å². The van der Waals surface area contributed by atoms with Crippen molar-refractivity contribution in [2.24, 2.45) is 0 Å². The Hall–Kier alpha value is 1.25. The van der Waals surface area contributed by atoms with Crippen LogP contribution >= 0.6 is 0 Å². The normalized spacial score (nSPS) is 8.57. The SMILES string of the molecule is C[N+](C)(C)C.[Cl-].[NaH]. The van der Waals surface area contributed by atoms with E-state index in [1.54, 1.807) is 0 Å². The van der Waals surface area contributed by atoms with Crippen molar-refractivity contribution in [3.63, 3.8) is 0 Å². The molecule has 0 unspecified atom stereocenters. The van der Waals surface area contributed by atoms with E-state index < -0.39 is 0 Å². The molecule has 0 spiro atoms. The molecule has 0 fully saturated rings. The van der Waals surface area contributed by atoms with Gasteiger partial charge in [-0.25, -0.2) is 0 Å². The van der Waals surface area contributed by atoms with E-state index in [1.807, 2.05) is 0 Å². The van der Waals surface area contributed by atoms with Crippen molar-refractivity contribution in [1.82, 2.24) is 0 Å². The van der Waals surface area contributed by atoms with Crippen molar-refractivity contribution in [3.05, 3.63) is 0 Å². The molecule has 3 heteroatoms. The first kappa shape index (κ1) is 15.7. The number of hydrogen-bond acceptors (Lipinski definition) is 0. The number of nitrogens with zero attached hydrogens (tertiary/aromatic N) is 1. The third kappa shape index (κ3) is 128. The predicted molar refractivity (Wildman–Crippen MR) is 31.1 cm³/mol. The van der Waals surface area contributed by atoms with Crippen molar-refractivity contribution in [1.29, 1.82) is 0 Å². The molecule has 1 nitrogen and oxygen atoms in total. The molecule has 0 bridgehead atoms. The molecular weight excluding hydrogens is 120 g/mol. The Morgan fingerprint density at radius 1 is 0.857 bits per heavy atom. The summed E-state index contributed by atoms with van der Waals surface area (Å²) in [7, 11) is 8.50. The quantitative estimate of drug-likeness (QED) is 0.240. The minimum atomic E-state index is 0. The summed E-state index contributed by atoms with van der Waals surface area (Å²) in [6.45, 7) is 0. The van der Waals surface area contributed by atoms with Gasteiger partial charge < -0.3 is 16.9 Å². The van der Waals surface area contributed by atoms with Gasteiger partial charge in [-0.3, -0.25) is 0 Å². The molecule has 0 aromatic rings. The first-order valence-corrected chi connectivity index (χ1v) is 1.79. The molecule has 0 aliphatic heterocycles. The van der Waals surface area contributed by atoms with Crippen molar-refractivity contribution >= 4 is 29.6 Å². The van der Waals surface area contributed by atoms with Crippen LogP contribution in [0, 0.1) is 0 Å². The number of halogens is 1. The fourth-order valence-corrected chi connectivity index (χ4v) is 0. The molecule has 0 aromatic heterocycles. The monoisotopic (exact) mass is 133 g/mol. The first-order chi connectivity index (χ1) is 2.00. The van der Waals surface area contributed by atoms with Crippen molar-refractivity contribution < 1.29 is 16.9 Å². The van der Waals surface area contributed by atoms with Gasteiger partial charge >= 0.3 is 29.6 Å². The van der Waals surface area contributed by atoms with E-state index in [9.17, 15) is 0 Å². The van der Waals surface area contributed by atoms with Crippen LogP contribution in [0.25, 0.3) is 0 Å². The van der Waals surface area contributed by atoms with Gasteiger partial charge in [-0.05, 0) is 0 Å². The molecule has 42 valence electrons. The van der Waals surface area contributed by atoms with Crippen LogP contribution in [0.3, 0.4) is 0 Å². The van der Waals surface area contributed by atoms with Crippen molar-refractivity contribution in [2.45, 2.75) is 0 Å². The molecule has 0 aliphatic rings. The van der Waals surface area contributed by atoms with Crippen LogP contribution < -0.4 is 12.4 Å². The third-order valence-corrected chi connectivity index (χ3v) is 0. The molecule has 0 aromatic carbocycles. The zero-order chi connectivity index (χ0) is 4.50. The third-order valence-electron chi connectivity index (χ3n) is 0. The summed E-state index contributed by atoms with van der Waals surface area (Å²) in [6, 6.07) is 0. The molecule has 7 heavy (non-hydrogen) atoms. The summed E-state index contributed by atoms with van der Waals surface area (Å²) in [5.74, 6) is 0. The van der Waals surface area contributed by atoms with E-state index >= 15 is 0 Å². The fourth-order valence-electron chi connectivity index (χ4n) is 0. The van der Waals surface area contributed by atoms with E-state index in [4.69, 9.17) is 0 Å². The van der Waals surface area contributed by atoms with E-state index in [1.165, 1.54) is 0 Å². The van der Waals surface area contributed by atoms with Crippen LogP contribution in [0.5, 0.6) is 0 Å². The standard InChI is InChI=1S/C4H12N.ClH.Na.H/c1-5(2,3)4;;;/h1-4H3;1H;;/q+1;;;/p-1. The van der Waals surface area contributed by atoms with Crippen molar-refractivity contribution in [3.8, 4) is 0 Å². The second-order valence-corrected chi connectivity index (χ2v) is 2.68. The second kappa shape index (κ2) is 5.39. The van der Waals surface area contributed by atoms with E-state index in [0.29, 0.717) is 0 Å². The van der Waals surface area contributed by atoms with Crippen LogP contribution in [-0.2, 0) is 0 Å². The maximum atomic E-state index is 2.12. The fraction of sp³-hybridized carbons (Fsp3) is 1.00. The van der Waals surface area contributed by atoms with Crippen LogP contribution in [0.2, 0.25) is 0 Å². The zero-order valence-corrected chi connectivity index (χ0v) is 5.58. The number of quaternary nitrogens is 1. The molecule has 0 saturated heterocycles. The molecule has 0 saturated carbocycles. The Balaban J connectivity index is -0.0000000800. The van der Waals surface area contributed by atoms with Gasteiger partial charge in [-0.15, -0.1) is 0 Å².